The van der Waals surface area contributed by atoms with Crippen molar-refractivity contribution in [2.75, 3.05) is 5.32 Å². The van der Waals surface area contributed by atoms with Gasteiger partial charge < -0.3 is 15.0 Å². The first-order chi connectivity index (χ1) is 14.7. The Morgan fingerprint density at radius 1 is 0.933 bits per heavy atom. The van der Waals surface area contributed by atoms with E-state index in [1.807, 2.05) is 61.5 Å². The second-order valence-corrected chi connectivity index (χ2v) is 6.93. The Morgan fingerprint density at radius 2 is 1.80 bits per heavy atom. The third-order valence-corrected chi connectivity index (χ3v) is 4.95. The lowest BCUT2D eigenvalue weighted by molar-refractivity contribution is 0.102. The Hall–Kier alpha value is -4.19. The van der Waals surface area contributed by atoms with E-state index in [1.54, 1.807) is 24.5 Å². The highest BCUT2D eigenvalue weighted by molar-refractivity contribution is 6.17. The number of nitrogens with one attached hydrogen (secondary N) is 2. The van der Waals surface area contributed by atoms with Crippen LogP contribution in [0.2, 0.25) is 0 Å². The minimum Gasteiger partial charge on any atom is -0.437 e. The van der Waals surface area contributed by atoms with Gasteiger partial charge in [-0.25, -0.2) is 4.98 Å². The highest BCUT2D eigenvalue weighted by Crippen LogP contribution is 2.28. The number of para-hydroxylation sites is 2. The number of fused-ring (bicyclic) bond motifs is 3. The Balaban J connectivity index is 1.38. The summed E-state index contributed by atoms with van der Waals surface area (Å²) in [5.74, 6) is 0.875. The van der Waals surface area contributed by atoms with Gasteiger partial charge in [-0.15, -0.1) is 0 Å². The lowest BCUT2D eigenvalue weighted by atomic mass is 10.1. The summed E-state index contributed by atoms with van der Waals surface area (Å²) in [5, 5.41) is 5.02. The van der Waals surface area contributed by atoms with E-state index in [2.05, 4.69) is 20.3 Å². The smallest absolute Gasteiger partial charge is 0.257 e. The minimum absolute atomic E-state index is 0.203. The summed E-state index contributed by atoms with van der Waals surface area (Å²) in [4.78, 5) is 24.8. The van der Waals surface area contributed by atoms with E-state index in [0.717, 1.165) is 27.5 Å². The number of rotatable bonds is 4. The number of carbonyl (C=O) groups excluding carboxylic acids is 1. The number of pyridine rings is 2. The second-order valence-electron chi connectivity index (χ2n) is 6.93. The fraction of sp³-hybridized carbons (Fsp3) is 0.0417. The zero-order chi connectivity index (χ0) is 20.5. The first-order valence-electron chi connectivity index (χ1n) is 9.55. The molecule has 0 radical (unpaired) electrons. The molecule has 0 atom stereocenters. The third-order valence-electron chi connectivity index (χ3n) is 4.95. The van der Waals surface area contributed by atoms with Crippen molar-refractivity contribution >= 4 is 33.4 Å². The SMILES string of the molecule is Cc1ncccc1Oc1ccc(NC(=O)c2cccc3c2[nH]c2ccccc23)cn1. The number of hydrogen-bond donors (Lipinski definition) is 2. The maximum absolute atomic E-state index is 12.9. The van der Waals surface area contributed by atoms with Crippen LogP contribution in [0.4, 0.5) is 5.69 Å². The summed E-state index contributed by atoms with van der Waals surface area (Å²) in [6, 6.07) is 20.8. The van der Waals surface area contributed by atoms with Crippen LogP contribution < -0.4 is 10.1 Å². The first kappa shape index (κ1) is 17.9. The molecule has 5 aromatic rings. The normalized spacial score (nSPS) is 11.0. The van der Waals surface area contributed by atoms with Gasteiger partial charge in [-0.2, -0.15) is 0 Å². The van der Waals surface area contributed by atoms with Crippen LogP contribution in [0.5, 0.6) is 11.6 Å². The van der Waals surface area contributed by atoms with Crippen LogP contribution in [0, 0.1) is 6.92 Å². The fourth-order valence-corrected chi connectivity index (χ4v) is 3.47. The van der Waals surface area contributed by atoms with Gasteiger partial charge in [-0.05, 0) is 37.3 Å². The molecule has 0 saturated heterocycles. The van der Waals surface area contributed by atoms with Crippen molar-refractivity contribution in [1.29, 1.82) is 0 Å². The van der Waals surface area contributed by atoms with Gasteiger partial charge in [0.05, 0.1) is 28.7 Å². The van der Waals surface area contributed by atoms with E-state index < -0.39 is 0 Å². The van der Waals surface area contributed by atoms with Gasteiger partial charge in [0.25, 0.3) is 5.91 Å². The van der Waals surface area contributed by atoms with E-state index in [4.69, 9.17) is 4.74 Å². The molecule has 0 fully saturated rings. The molecule has 0 spiro atoms. The summed E-state index contributed by atoms with van der Waals surface area (Å²) in [6.07, 6.45) is 3.28. The largest absolute Gasteiger partial charge is 0.437 e. The molecule has 5 rings (SSSR count). The molecule has 146 valence electrons. The van der Waals surface area contributed by atoms with Gasteiger partial charge in [-0.3, -0.25) is 9.78 Å². The van der Waals surface area contributed by atoms with Crippen molar-refractivity contribution in [3.8, 4) is 11.6 Å². The third kappa shape index (κ3) is 3.24. The standard InChI is InChI=1S/C24H18N4O2/c1-15-21(10-5-13-25-15)30-22-12-11-16(14-26-22)27-24(29)19-8-4-7-18-17-6-2-3-9-20(17)28-23(18)19/h2-14,28H,1H3,(H,27,29). The van der Waals surface area contributed by atoms with Gasteiger partial charge in [0, 0.05) is 28.6 Å². The Kier molecular flexibility index (Phi) is 4.37. The number of H-pyrrole nitrogens is 1. The van der Waals surface area contributed by atoms with Crippen LogP contribution >= 0.6 is 0 Å². The van der Waals surface area contributed by atoms with Crippen molar-refractivity contribution in [1.82, 2.24) is 15.0 Å². The Labute approximate surface area is 172 Å². The highest BCUT2D eigenvalue weighted by Gasteiger charge is 2.14. The van der Waals surface area contributed by atoms with E-state index in [9.17, 15) is 4.79 Å². The van der Waals surface area contributed by atoms with E-state index >= 15 is 0 Å². The maximum Gasteiger partial charge on any atom is 0.257 e. The van der Waals surface area contributed by atoms with Crippen LogP contribution in [0.1, 0.15) is 16.1 Å². The molecule has 3 heterocycles. The average Bonchev–Trinajstić information content (AvgIpc) is 3.15. The number of hydrogen-bond acceptors (Lipinski definition) is 4. The Morgan fingerprint density at radius 3 is 2.63 bits per heavy atom. The summed E-state index contributed by atoms with van der Waals surface area (Å²) in [7, 11) is 0. The molecule has 6 nitrogen and oxygen atoms in total. The van der Waals surface area contributed by atoms with Crippen molar-refractivity contribution in [2.45, 2.75) is 6.92 Å². The second kappa shape index (κ2) is 7.33. The molecule has 2 aromatic carbocycles. The van der Waals surface area contributed by atoms with Crippen molar-refractivity contribution in [3.63, 3.8) is 0 Å². The molecule has 3 aromatic heterocycles. The molecule has 6 heteroatoms. The highest BCUT2D eigenvalue weighted by atomic mass is 16.5. The quantitative estimate of drug-likeness (QED) is 0.424. The Bertz CT molecular complexity index is 1370. The van der Waals surface area contributed by atoms with Crippen LogP contribution in [0.25, 0.3) is 21.8 Å². The van der Waals surface area contributed by atoms with E-state index in [1.165, 1.54) is 0 Å². The lowest BCUT2D eigenvalue weighted by Gasteiger charge is -2.09. The molecule has 0 bridgehead atoms. The molecular weight excluding hydrogens is 376 g/mol. The number of aryl methyl sites for hydroxylation is 1. The van der Waals surface area contributed by atoms with Gasteiger partial charge in [0.15, 0.2) is 5.75 Å². The zero-order valence-electron chi connectivity index (χ0n) is 16.2. The molecule has 0 aliphatic rings. The van der Waals surface area contributed by atoms with E-state index in [-0.39, 0.29) is 5.91 Å². The van der Waals surface area contributed by atoms with Gasteiger partial charge >= 0.3 is 0 Å². The lowest BCUT2D eigenvalue weighted by Crippen LogP contribution is -2.12. The molecule has 2 N–H and O–H groups in total. The van der Waals surface area contributed by atoms with Crippen LogP contribution in [-0.2, 0) is 0 Å². The number of carbonyl (C=O) groups is 1. The van der Waals surface area contributed by atoms with Crippen molar-refractivity contribution in [3.05, 3.63) is 90.4 Å². The first-order valence-corrected chi connectivity index (χ1v) is 9.55. The average molecular weight is 394 g/mol. The molecule has 1 amide bonds. The van der Waals surface area contributed by atoms with Crippen molar-refractivity contribution in [2.24, 2.45) is 0 Å². The number of nitrogens with zero attached hydrogens (tertiary/aromatic N) is 2. The predicted molar refractivity (Wildman–Crippen MR) is 117 cm³/mol. The number of benzene rings is 2. The number of aromatic nitrogens is 3. The summed E-state index contributed by atoms with van der Waals surface area (Å²) in [5.41, 5.74) is 3.76. The monoisotopic (exact) mass is 394 g/mol. The van der Waals surface area contributed by atoms with Crippen molar-refractivity contribution < 1.29 is 9.53 Å². The fourth-order valence-electron chi connectivity index (χ4n) is 3.47. The topological polar surface area (TPSA) is 79.9 Å². The molecule has 30 heavy (non-hydrogen) atoms. The minimum atomic E-state index is -0.203. The summed E-state index contributed by atoms with van der Waals surface area (Å²) in [6.45, 7) is 1.87. The number of aromatic amines is 1. The molecule has 0 saturated carbocycles. The summed E-state index contributed by atoms with van der Waals surface area (Å²) >= 11 is 0. The number of anilines is 1. The molecule has 0 aliphatic carbocycles. The van der Waals surface area contributed by atoms with Gasteiger partial charge in [-0.1, -0.05) is 30.3 Å². The molecule has 0 unspecified atom stereocenters. The van der Waals surface area contributed by atoms with Crippen LogP contribution in [0.3, 0.4) is 0 Å². The molecular formula is C24H18N4O2. The van der Waals surface area contributed by atoms with E-state index in [0.29, 0.717) is 22.9 Å². The number of amides is 1. The van der Waals surface area contributed by atoms with Crippen LogP contribution in [0.15, 0.2) is 79.1 Å². The zero-order valence-corrected chi connectivity index (χ0v) is 16.2. The van der Waals surface area contributed by atoms with Gasteiger partial charge in [0.2, 0.25) is 5.88 Å². The predicted octanol–water partition coefficient (Wildman–Crippen LogP) is 5.46. The maximum atomic E-state index is 12.9. The van der Waals surface area contributed by atoms with Crippen LogP contribution in [-0.4, -0.2) is 20.9 Å². The summed E-state index contributed by atoms with van der Waals surface area (Å²) < 4.78 is 5.75. The van der Waals surface area contributed by atoms with Gasteiger partial charge in [0.1, 0.15) is 0 Å². The molecule has 0 aliphatic heterocycles. The number of ether oxygens (including phenoxy) is 1.